The Morgan fingerprint density at radius 2 is 1.78 bits per heavy atom. The SMILES string of the molecule is CC(CN)N(C)S(=O)(=O)Cc1cc(Cl)cc(Cl)c1. The third kappa shape index (κ3) is 4.10. The van der Waals surface area contributed by atoms with Crippen LogP contribution in [0.25, 0.3) is 0 Å². The van der Waals surface area contributed by atoms with Gasteiger partial charge in [-0.15, -0.1) is 0 Å². The Morgan fingerprint density at radius 1 is 1.28 bits per heavy atom. The van der Waals surface area contributed by atoms with E-state index in [2.05, 4.69) is 0 Å². The van der Waals surface area contributed by atoms with Crippen LogP contribution in [0.2, 0.25) is 10.0 Å². The van der Waals surface area contributed by atoms with Gasteiger partial charge in [0.2, 0.25) is 10.0 Å². The highest BCUT2D eigenvalue weighted by atomic mass is 35.5. The highest BCUT2D eigenvalue weighted by Gasteiger charge is 2.22. The molecular formula is C11H16Cl2N2O2S. The van der Waals surface area contributed by atoms with Crippen LogP contribution in [0.5, 0.6) is 0 Å². The molecule has 0 spiro atoms. The summed E-state index contributed by atoms with van der Waals surface area (Å²) in [6.45, 7) is 2.02. The molecule has 2 N–H and O–H groups in total. The van der Waals surface area contributed by atoms with Crippen LogP contribution < -0.4 is 5.73 Å². The largest absolute Gasteiger partial charge is 0.329 e. The van der Waals surface area contributed by atoms with E-state index >= 15 is 0 Å². The molecule has 7 heteroatoms. The summed E-state index contributed by atoms with van der Waals surface area (Å²) in [5, 5.41) is 0.837. The Kier molecular flexibility index (Phi) is 5.43. The maximum atomic E-state index is 12.1. The van der Waals surface area contributed by atoms with Crippen molar-refractivity contribution in [2.75, 3.05) is 13.6 Å². The van der Waals surface area contributed by atoms with E-state index in [1.54, 1.807) is 25.1 Å². The highest BCUT2D eigenvalue weighted by Crippen LogP contribution is 2.21. The lowest BCUT2D eigenvalue weighted by atomic mass is 10.2. The van der Waals surface area contributed by atoms with Gasteiger partial charge in [-0.3, -0.25) is 0 Å². The number of rotatable bonds is 5. The van der Waals surface area contributed by atoms with Gasteiger partial charge in [-0.05, 0) is 30.7 Å². The van der Waals surface area contributed by atoms with Crippen molar-refractivity contribution in [1.82, 2.24) is 4.31 Å². The first kappa shape index (κ1) is 15.7. The van der Waals surface area contributed by atoms with Crippen molar-refractivity contribution in [3.63, 3.8) is 0 Å². The molecule has 0 fully saturated rings. The van der Waals surface area contributed by atoms with Crippen molar-refractivity contribution in [2.45, 2.75) is 18.7 Å². The molecule has 1 aromatic rings. The second-order valence-corrected chi connectivity index (χ2v) is 7.04. The van der Waals surface area contributed by atoms with Gasteiger partial charge >= 0.3 is 0 Å². The van der Waals surface area contributed by atoms with Crippen molar-refractivity contribution in [2.24, 2.45) is 5.73 Å². The Bertz CT molecular complexity index is 500. The zero-order valence-electron chi connectivity index (χ0n) is 10.2. The number of likely N-dealkylation sites (N-methyl/N-ethyl adjacent to an activating group) is 1. The molecule has 0 aliphatic heterocycles. The van der Waals surface area contributed by atoms with Crippen LogP contribution in [0, 0.1) is 0 Å². The van der Waals surface area contributed by atoms with Crippen LogP contribution in [0.3, 0.4) is 0 Å². The first-order valence-electron chi connectivity index (χ1n) is 5.37. The van der Waals surface area contributed by atoms with Crippen LogP contribution in [0.15, 0.2) is 18.2 Å². The second kappa shape index (κ2) is 6.21. The molecule has 0 bridgehead atoms. The van der Waals surface area contributed by atoms with Gasteiger partial charge in [-0.1, -0.05) is 23.2 Å². The van der Waals surface area contributed by atoms with E-state index in [4.69, 9.17) is 28.9 Å². The predicted molar refractivity (Wildman–Crippen MR) is 75.4 cm³/mol. The van der Waals surface area contributed by atoms with E-state index < -0.39 is 10.0 Å². The zero-order valence-corrected chi connectivity index (χ0v) is 12.6. The predicted octanol–water partition coefficient (Wildman–Crippen LogP) is 2.10. The van der Waals surface area contributed by atoms with Crippen LogP contribution in [0.1, 0.15) is 12.5 Å². The van der Waals surface area contributed by atoms with E-state index in [0.717, 1.165) is 0 Å². The molecular weight excluding hydrogens is 295 g/mol. The molecule has 1 aromatic carbocycles. The van der Waals surface area contributed by atoms with E-state index in [1.165, 1.54) is 11.4 Å². The van der Waals surface area contributed by atoms with Crippen molar-refractivity contribution in [3.05, 3.63) is 33.8 Å². The summed E-state index contributed by atoms with van der Waals surface area (Å²) in [7, 11) is -1.91. The van der Waals surface area contributed by atoms with Crippen molar-refractivity contribution >= 4 is 33.2 Å². The van der Waals surface area contributed by atoms with Crippen molar-refractivity contribution in [1.29, 1.82) is 0 Å². The second-order valence-electron chi connectivity index (χ2n) is 4.13. The Balaban J connectivity index is 2.95. The third-order valence-corrected chi connectivity index (χ3v) is 5.04. The van der Waals surface area contributed by atoms with Gasteiger partial charge in [-0.25, -0.2) is 12.7 Å². The molecule has 0 radical (unpaired) electrons. The van der Waals surface area contributed by atoms with Gasteiger partial charge in [0, 0.05) is 29.7 Å². The average Bonchev–Trinajstić information content (AvgIpc) is 2.24. The third-order valence-electron chi connectivity index (χ3n) is 2.67. The van der Waals surface area contributed by atoms with Crippen LogP contribution >= 0.6 is 23.2 Å². The molecule has 1 atom stereocenters. The van der Waals surface area contributed by atoms with E-state index in [-0.39, 0.29) is 18.3 Å². The molecule has 0 saturated heterocycles. The molecule has 0 amide bonds. The topological polar surface area (TPSA) is 63.4 Å². The molecule has 4 nitrogen and oxygen atoms in total. The van der Waals surface area contributed by atoms with Crippen LogP contribution in [0.4, 0.5) is 0 Å². The number of nitrogens with zero attached hydrogens (tertiary/aromatic N) is 1. The first-order valence-corrected chi connectivity index (χ1v) is 7.73. The lowest BCUT2D eigenvalue weighted by Crippen LogP contribution is -2.40. The molecule has 1 rings (SSSR count). The molecule has 0 aromatic heterocycles. The van der Waals surface area contributed by atoms with Crippen LogP contribution in [-0.4, -0.2) is 32.4 Å². The fourth-order valence-corrected chi connectivity index (χ4v) is 3.43. The smallest absolute Gasteiger partial charge is 0.218 e. The van der Waals surface area contributed by atoms with Crippen molar-refractivity contribution in [3.8, 4) is 0 Å². The summed E-state index contributed by atoms with van der Waals surface area (Å²) in [4.78, 5) is 0. The van der Waals surface area contributed by atoms with Gasteiger partial charge in [-0.2, -0.15) is 0 Å². The summed E-state index contributed by atoms with van der Waals surface area (Å²) in [5.41, 5.74) is 6.02. The first-order chi connectivity index (χ1) is 8.26. The van der Waals surface area contributed by atoms with Gasteiger partial charge in [0.15, 0.2) is 0 Å². The molecule has 0 aliphatic rings. The number of sulfonamides is 1. The van der Waals surface area contributed by atoms with Gasteiger partial charge in [0.25, 0.3) is 0 Å². The number of hydrogen-bond donors (Lipinski definition) is 1. The summed E-state index contributed by atoms with van der Waals surface area (Å²) >= 11 is 11.7. The standard InChI is InChI=1S/C11H16Cl2N2O2S/c1-8(6-14)15(2)18(16,17)7-9-3-10(12)5-11(13)4-9/h3-5,8H,6-7,14H2,1-2H3. The Morgan fingerprint density at radius 3 is 2.22 bits per heavy atom. The summed E-state index contributed by atoms with van der Waals surface area (Å²) in [6.07, 6.45) is 0. The van der Waals surface area contributed by atoms with Crippen molar-refractivity contribution < 1.29 is 8.42 Å². The van der Waals surface area contributed by atoms with E-state index in [9.17, 15) is 8.42 Å². The summed E-state index contributed by atoms with van der Waals surface area (Å²) in [6, 6.07) is 4.49. The highest BCUT2D eigenvalue weighted by molar-refractivity contribution is 7.88. The minimum atomic E-state index is -3.42. The monoisotopic (exact) mass is 310 g/mol. The maximum Gasteiger partial charge on any atom is 0.218 e. The molecule has 18 heavy (non-hydrogen) atoms. The number of hydrogen-bond acceptors (Lipinski definition) is 3. The number of benzene rings is 1. The van der Waals surface area contributed by atoms with E-state index in [0.29, 0.717) is 15.6 Å². The summed E-state index contributed by atoms with van der Waals surface area (Å²) < 4.78 is 25.5. The normalized spacial score (nSPS) is 13.9. The molecule has 0 heterocycles. The maximum absolute atomic E-state index is 12.1. The lowest BCUT2D eigenvalue weighted by Gasteiger charge is -2.23. The summed E-state index contributed by atoms with van der Waals surface area (Å²) in [5.74, 6) is -0.145. The lowest BCUT2D eigenvalue weighted by molar-refractivity contribution is 0.394. The average molecular weight is 311 g/mol. The molecule has 1 unspecified atom stereocenters. The fraction of sp³-hybridized carbons (Fsp3) is 0.455. The number of halogens is 2. The fourth-order valence-electron chi connectivity index (χ4n) is 1.43. The Labute approximate surface area is 118 Å². The van der Waals surface area contributed by atoms with Gasteiger partial charge in [0.05, 0.1) is 5.75 Å². The minimum absolute atomic E-state index is 0.145. The molecule has 0 saturated carbocycles. The Hall–Kier alpha value is -0.330. The van der Waals surface area contributed by atoms with Crippen LogP contribution in [-0.2, 0) is 15.8 Å². The molecule has 102 valence electrons. The quantitative estimate of drug-likeness (QED) is 0.906. The molecule has 0 aliphatic carbocycles. The number of nitrogens with two attached hydrogens (primary N) is 1. The van der Waals surface area contributed by atoms with Gasteiger partial charge < -0.3 is 5.73 Å². The zero-order chi connectivity index (χ0) is 13.9. The van der Waals surface area contributed by atoms with E-state index in [1.807, 2.05) is 0 Å². The minimum Gasteiger partial charge on any atom is -0.329 e. The van der Waals surface area contributed by atoms with Gasteiger partial charge in [0.1, 0.15) is 0 Å².